The molecule has 0 aromatic heterocycles. The van der Waals surface area contributed by atoms with E-state index in [-0.39, 0.29) is 5.41 Å². The number of nitrogens with zero attached hydrogens (tertiary/aromatic N) is 1. The highest BCUT2D eigenvalue weighted by molar-refractivity contribution is 5.57. The largest absolute Gasteiger partial charge is 0.302 e. The third-order valence-electron chi connectivity index (χ3n) is 3.65. The highest BCUT2D eigenvalue weighted by atomic mass is 15.1. The van der Waals surface area contributed by atoms with E-state index in [0.29, 0.717) is 0 Å². The van der Waals surface area contributed by atoms with E-state index in [1.165, 1.54) is 22.3 Å². The van der Waals surface area contributed by atoms with Gasteiger partial charge in [-0.15, -0.1) is 0 Å². The summed E-state index contributed by atoms with van der Waals surface area (Å²) >= 11 is 0. The average molecular weight is 229 g/mol. The average Bonchev–Trinajstić information content (AvgIpc) is 2.25. The van der Waals surface area contributed by atoms with Crippen molar-refractivity contribution in [3.8, 4) is 0 Å². The lowest BCUT2D eigenvalue weighted by molar-refractivity contribution is 0.312. The Balaban J connectivity index is 2.54. The van der Waals surface area contributed by atoms with Crippen molar-refractivity contribution in [2.24, 2.45) is 0 Å². The Kier molecular flexibility index (Phi) is 3.13. The summed E-state index contributed by atoms with van der Waals surface area (Å²) in [7, 11) is 2.19. The molecule has 17 heavy (non-hydrogen) atoms. The van der Waals surface area contributed by atoms with E-state index < -0.39 is 0 Å². The number of benzene rings is 1. The van der Waals surface area contributed by atoms with Gasteiger partial charge in [0.1, 0.15) is 0 Å². The molecule has 0 saturated heterocycles. The fraction of sp³-hybridized carbons (Fsp3) is 0.500. The molecule has 1 heterocycles. The summed E-state index contributed by atoms with van der Waals surface area (Å²) in [6, 6.07) is 4.70. The lowest BCUT2D eigenvalue weighted by Gasteiger charge is -2.29. The molecule has 1 aromatic rings. The van der Waals surface area contributed by atoms with Crippen LogP contribution in [0.25, 0.3) is 6.08 Å². The minimum Gasteiger partial charge on any atom is -0.302 e. The molecule has 1 aliphatic rings. The van der Waals surface area contributed by atoms with Crippen molar-refractivity contribution in [1.82, 2.24) is 4.90 Å². The zero-order chi connectivity index (χ0) is 12.6. The molecule has 2 rings (SSSR count). The summed E-state index contributed by atoms with van der Waals surface area (Å²) in [5.74, 6) is 0. The molecule has 0 unspecified atom stereocenters. The first-order chi connectivity index (χ1) is 7.91. The Morgan fingerprint density at radius 1 is 1.29 bits per heavy atom. The molecular formula is C16H23N. The molecular weight excluding hydrogens is 206 g/mol. The van der Waals surface area contributed by atoms with Gasteiger partial charge in [-0.25, -0.2) is 0 Å². The van der Waals surface area contributed by atoms with Gasteiger partial charge in [-0.3, -0.25) is 0 Å². The van der Waals surface area contributed by atoms with Gasteiger partial charge in [0.05, 0.1) is 0 Å². The van der Waals surface area contributed by atoms with Crippen LogP contribution in [0.15, 0.2) is 18.7 Å². The molecule has 0 fully saturated rings. The van der Waals surface area contributed by atoms with Gasteiger partial charge >= 0.3 is 0 Å². The van der Waals surface area contributed by atoms with Crippen LogP contribution in [0.5, 0.6) is 0 Å². The maximum Gasteiger partial charge on any atom is 0.0233 e. The molecule has 92 valence electrons. The van der Waals surface area contributed by atoms with E-state index in [9.17, 15) is 0 Å². The minimum absolute atomic E-state index is 0.211. The highest BCUT2D eigenvalue weighted by Gasteiger charge is 2.20. The van der Waals surface area contributed by atoms with Crippen LogP contribution in [0.4, 0.5) is 0 Å². The van der Waals surface area contributed by atoms with Gasteiger partial charge in [-0.1, -0.05) is 45.6 Å². The van der Waals surface area contributed by atoms with Crippen LogP contribution >= 0.6 is 0 Å². The summed E-state index contributed by atoms with van der Waals surface area (Å²) in [6.07, 6.45) is 3.16. The minimum atomic E-state index is 0.211. The van der Waals surface area contributed by atoms with Crippen LogP contribution in [0.3, 0.4) is 0 Å². The van der Waals surface area contributed by atoms with Crippen LogP contribution in [0.2, 0.25) is 0 Å². The van der Waals surface area contributed by atoms with Crippen molar-refractivity contribution in [1.29, 1.82) is 0 Å². The van der Waals surface area contributed by atoms with Gasteiger partial charge in [0.2, 0.25) is 0 Å². The zero-order valence-electron chi connectivity index (χ0n) is 11.5. The fourth-order valence-electron chi connectivity index (χ4n) is 2.49. The van der Waals surface area contributed by atoms with Crippen molar-refractivity contribution < 1.29 is 0 Å². The number of fused-ring (bicyclic) bond motifs is 1. The molecule has 0 spiro atoms. The van der Waals surface area contributed by atoms with Crippen molar-refractivity contribution in [3.63, 3.8) is 0 Å². The summed E-state index contributed by atoms with van der Waals surface area (Å²) in [4.78, 5) is 2.39. The molecule has 0 N–H and O–H groups in total. The van der Waals surface area contributed by atoms with E-state index in [4.69, 9.17) is 0 Å². The van der Waals surface area contributed by atoms with Crippen LogP contribution in [0.1, 0.15) is 43.0 Å². The van der Waals surface area contributed by atoms with Gasteiger partial charge in [0.15, 0.2) is 0 Å². The lowest BCUT2D eigenvalue weighted by Crippen LogP contribution is -2.28. The standard InChI is InChI=1S/C16H23N/c1-6-12-9-14(16(2,3)4)10-13-11-17(5)8-7-15(12)13/h6,9-10H,1,7-8,11H2,2-5H3. The van der Waals surface area contributed by atoms with Crippen LogP contribution in [0, 0.1) is 0 Å². The summed E-state index contributed by atoms with van der Waals surface area (Å²) in [6.45, 7) is 13.0. The second-order valence-corrected chi connectivity index (χ2v) is 6.15. The van der Waals surface area contributed by atoms with E-state index in [2.05, 4.69) is 51.4 Å². The van der Waals surface area contributed by atoms with Crippen LogP contribution < -0.4 is 0 Å². The summed E-state index contributed by atoms with van der Waals surface area (Å²) in [5, 5.41) is 0. The van der Waals surface area contributed by atoms with Gasteiger partial charge in [0.25, 0.3) is 0 Å². The molecule has 0 amide bonds. The predicted octanol–water partition coefficient (Wildman–Crippen LogP) is 3.62. The molecule has 0 atom stereocenters. The normalized spacial score (nSPS) is 16.7. The maximum atomic E-state index is 3.97. The van der Waals surface area contributed by atoms with Gasteiger partial charge in [-0.2, -0.15) is 0 Å². The zero-order valence-corrected chi connectivity index (χ0v) is 11.5. The monoisotopic (exact) mass is 229 g/mol. The van der Waals surface area contributed by atoms with Gasteiger partial charge in [-0.05, 0) is 41.1 Å². The van der Waals surface area contributed by atoms with Crippen molar-refractivity contribution in [2.75, 3.05) is 13.6 Å². The smallest absolute Gasteiger partial charge is 0.0233 e. The van der Waals surface area contributed by atoms with E-state index in [0.717, 1.165) is 19.5 Å². The topological polar surface area (TPSA) is 3.24 Å². The Morgan fingerprint density at radius 2 is 2.00 bits per heavy atom. The first-order valence-electron chi connectivity index (χ1n) is 6.39. The fourth-order valence-corrected chi connectivity index (χ4v) is 2.49. The summed E-state index contributed by atoms with van der Waals surface area (Å²) < 4.78 is 0. The van der Waals surface area contributed by atoms with Crippen molar-refractivity contribution in [3.05, 3.63) is 41.0 Å². The molecule has 1 aliphatic heterocycles. The van der Waals surface area contributed by atoms with Crippen LogP contribution in [-0.2, 0) is 18.4 Å². The second-order valence-electron chi connectivity index (χ2n) is 6.15. The lowest BCUT2D eigenvalue weighted by atomic mass is 9.82. The van der Waals surface area contributed by atoms with Crippen LogP contribution in [-0.4, -0.2) is 18.5 Å². The number of likely N-dealkylation sites (N-methyl/N-ethyl adjacent to an activating group) is 1. The summed E-state index contributed by atoms with van der Waals surface area (Å²) in [5.41, 5.74) is 5.96. The first-order valence-corrected chi connectivity index (χ1v) is 6.39. The van der Waals surface area contributed by atoms with Crippen molar-refractivity contribution >= 4 is 6.08 Å². The molecule has 1 aromatic carbocycles. The molecule has 0 radical (unpaired) electrons. The molecule has 1 heteroatoms. The first kappa shape index (κ1) is 12.4. The van der Waals surface area contributed by atoms with E-state index >= 15 is 0 Å². The Morgan fingerprint density at radius 3 is 2.59 bits per heavy atom. The maximum absolute atomic E-state index is 3.97. The number of hydrogen-bond donors (Lipinski definition) is 0. The highest BCUT2D eigenvalue weighted by Crippen LogP contribution is 2.30. The third kappa shape index (κ3) is 2.44. The Hall–Kier alpha value is -1.08. The van der Waals surface area contributed by atoms with E-state index in [1.54, 1.807) is 0 Å². The third-order valence-corrected chi connectivity index (χ3v) is 3.65. The Bertz CT molecular complexity index is 438. The second kappa shape index (κ2) is 4.30. The van der Waals surface area contributed by atoms with Gasteiger partial charge in [0, 0.05) is 13.1 Å². The predicted molar refractivity (Wildman–Crippen MR) is 75.3 cm³/mol. The number of rotatable bonds is 1. The number of hydrogen-bond acceptors (Lipinski definition) is 1. The quantitative estimate of drug-likeness (QED) is 0.711. The SMILES string of the molecule is C=Cc1cc(C(C)(C)C)cc2c1CCN(C)C2. The molecule has 0 saturated carbocycles. The van der Waals surface area contributed by atoms with E-state index in [1.807, 2.05) is 6.08 Å². The molecule has 1 nitrogen and oxygen atoms in total. The molecule has 0 aliphatic carbocycles. The molecule has 0 bridgehead atoms. The van der Waals surface area contributed by atoms with Crippen molar-refractivity contribution in [2.45, 2.75) is 39.2 Å². The van der Waals surface area contributed by atoms with Gasteiger partial charge < -0.3 is 4.90 Å². The Labute approximate surface area is 105 Å².